The quantitative estimate of drug-likeness (QED) is 0.772. The van der Waals surface area contributed by atoms with Gasteiger partial charge in [0.15, 0.2) is 5.82 Å². The van der Waals surface area contributed by atoms with Gasteiger partial charge in [0.05, 0.1) is 5.69 Å². The van der Waals surface area contributed by atoms with Crippen LogP contribution in [0.15, 0.2) is 49.1 Å². The highest BCUT2D eigenvalue weighted by molar-refractivity contribution is 5.50. The Morgan fingerprint density at radius 3 is 2.90 bits per heavy atom. The Balaban J connectivity index is 1.99. The zero-order valence-corrected chi connectivity index (χ0v) is 11.4. The van der Waals surface area contributed by atoms with Crippen molar-refractivity contribution in [2.75, 3.05) is 5.32 Å². The minimum absolute atomic E-state index is 0.311. The van der Waals surface area contributed by atoms with Gasteiger partial charge in [-0.2, -0.15) is 5.10 Å². The van der Waals surface area contributed by atoms with Crippen molar-refractivity contribution in [2.45, 2.75) is 13.0 Å². The number of hydrogen-bond donors (Lipinski definition) is 2. The molecule has 0 amide bonds. The van der Waals surface area contributed by atoms with Crippen molar-refractivity contribution in [3.63, 3.8) is 0 Å². The van der Waals surface area contributed by atoms with Gasteiger partial charge in [0.1, 0.15) is 18.2 Å². The Labute approximate surface area is 121 Å². The number of halogens is 1. The van der Waals surface area contributed by atoms with Crippen molar-refractivity contribution in [2.24, 2.45) is 0 Å². The van der Waals surface area contributed by atoms with E-state index in [1.165, 1.54) is 12.4 Å². The van der Waals surface area contributed by atoms with E-state index in [1.807, 2.05) is 19.1 Å². The van der Waals surface area contributed by atoms with Crippen LogP contribution < -0.4 is 5.32 Å². The van der Waals surface area contributed by atoms with E-state index in [0.29, 0.717) is 11.5 Å². The van der Waals surface area contributed by atoms with Crippen LogP contribution in [0, 0.1) is 12.7 Å². The molecule has 6 heteroatoms. The zero-order valence-electron chi connectivity index (χ0n) is 11.4. The first kappa shape index (κ1) is 13.2. The molecular weight excluding hydrogens is 269 g/mol. The molecule has 3 aromatic rings. The van der Waals surface area contributed by atoms with Gasteiger partial charge in [0, 0.05) is 18.0 Å². The summed E-state index contributed by atoms with van der Waals surface area (Å²) in [6.07, 6.45) is 4.83. The number of aryl methyl sites for hydroxylation is 1. The van der Waals surface area contributed by atoms with Crippen LogP contribution in [-0.2, 0) is 0 Å². The van der Waals surface area contributed by atoms with Gasteiger partial charge < -0.3 is 5.32 Å². The lowest BCUT2D eigenvalue weighted by Crippen LogP contribution is -2.15. The van der Waals surface area contributed by atoms with Gasteiger partial charge in [-0.05, 0) is 30.7 Å². The molecule has 2 N–H and O–H groups in total. The second-order valence-electron chi connectivity index (χ2n) is 4.72. The minimum atomic E-state index is -0.350. The fraction of sp³-hybridized carbons (Fsp3) is 0.133. The summed E-state index contributed by atoms with van der Waals surface area (Å²) < 4.78 is 14.0. The van der Waals surface area contributed by atoms with Crippen LogP contribution in [0.2, 0.25) is 0 Å². The summed E-state index contributed by atoms with van der Waals surface area (Å²) in [5, 5.41) is 9.83. The molecule has 0 bridgehead atoms. The predicted molar refractivity (Wildman–Crippen MR) is 77.2 cm³/mol. The summed E-state index contributed by atoms with van der Waals surface area (Å²) in [5.74, 6) is 0.290. The highest BCUT2D eigenvalue weighted by Gasteiger charge is 2.18. The van der Waals surface area contributed by atoms with Crippen LogP contribution in [0.1, 0.15) is 23.0 Å². The number of aromatic amines is 1. The molecule has 0 radical (unpaired) electrons. The summed E-state index contributed by atoms with van der Waals surface area (Å²) >= 11 is 0. The largest absolute Gasteiger partial charge is 0.369 e. The molecular formula is C15H14FN5. The van der Waals surface area contributed by atoms with Crippen molar-refractivity contribution in [1.82, 2.24) is 20.2 Å². The van der Waals surface area contributed by atoms with Crippen molar-refractivity contribution in [3.05, 3.63) is 71.8 Å². The molecule has 0 aliphatic heterocycles. The summed E-state index contributed by atoms with van der Waals surface area (Å²) in [6.45, 7) is 1.91. The van der Waals surface area contributed by atoms with Gasteiger partial charge in [-0.1, -0.05) is 12.1 Å². The Kier molecular flexibility index (Phi) is 3.59. The van der Waals surface area contributed by atoms with Gasteiger partial charge in [0.2, 0.25) is 0 Å². The van der Waals surface area contributed by atoms with Crippen LogP contribution >= 0.6 is 0 Å². The fourth-order valence-electron chi connectivity index (χ4n) is 2.12. The first-order chi connectivity index (χ1) is 10.2. The Hall–Kier alpha value is -2.76. The Morgan fingerprint density at radius 1 is 1.29 bits per heavy atom. The van der Waals surface area contributed by atoms with E-state index in [9.17, 15) is 4.39 Å². The summed E-state index contributed by atoms with van der Waals surface area (Å²) in [4.78, 5) is 8.26. The lowest BCUT2D eigenvalue weighted by Gasteiger charge is -2.18. The topological polar surface area (TPSA) is 66.5 Å². The summed E-state index contributed by atoms with van der Waals surface area (Å²) in [6, 6.07) is 8.31. The first-order valence-corrected chi connectivity index (χ1v) is 6.52. The maximum absolute atomic E-state index is 14.0. The van der Waals surface area contributed by atoms with E-state index in [4.69, 9.17) is 0 Å². The SMILES string of the molecule is Cc1ccc(F)c(NC(c2cccnc2)c2ncn[nH]2)c1. The molecule has 1 unspecified atom stereocenters. The van der Waals surface area contributed by atoms with E-state index in [-0.39, 0.29) is 11.9 Å². The molecule has 1 aromatic carbocycles. The van der Waals surface area contributed by atoms with E-state index in [2.05, 4.69) is 25.5 Å². The molecule has 0 spiro atoms. The molecule has 0 aliphatic carbocycles. The van der Waals surface area contributed by atoms with Gasteiger partial charge in [-0.25, -0.2) is 9.37 Å². The average Bonchev–Trinajstić information content (AvgIpc) is 3.03. The third kappa shape index (κ3) is 2.89. The predicted octanol–water partition coefficient (Wildman–Crippen LogP) is 2.85. The molecule has 106 valence electrons. The summed E-state index contributed by atoms with van der Waals surface area (Å²) in [5.41, 5.74) is 2.26. The van der Waals surface area contributed by atoms with Gasteiger partial charge in [-0.15, -0.1) is 0 Å². The lowest BCUT2D eigenvalue weighted by atomic mass is 10.1. The van der Waals surface area contributed by atoms with E-state index >= 15 is 0 Å². The maximum Gasteiger partial charge on any atom is 0.151 e. The second kappa shape index (κ2) is 5.70. The van der Waals surface area contributed by atoms with Gasteiger partial charge in [-0.3, -0.25) is 10.1 Å². The van der Waals surface area contributed by atoms with Crippen molar-refractivity contribution < 1.29 is 4.39 Å². The molecule has 21 heavy (non-hydrogen) atoms. The maximum atomic E-state index is 14.0. The average molecular weight is 283 g/mol. The molecule has 0 aliphatic rings. The fourth-order valence-corrected chi connectivity index (χ4v) is 2.12. The monoisotopic (exact) mass is 283 g/mol. The minimum Gasteiger partial charge on any atom is -0.369 e. The Bertz CT molecular complexity index is 712. The molecule has 3 rings (SSSR count). The van der Waals surface area contributed by atoms with Gasteiger partial charge >= 0.3 is 0 Å². The Morgan fingerprint density at radius 2 is 2.19 bits per heavy atom. The highest BCUT2D eigenvalue weighted by atomic mass is 19.1. The van der Waals surface area contributed by atoms with Crippen molar-refractivity contribution in [1.29, 1.82) is 0 Å². The van der Waals surface area contributed by atoms with E-state index in [0.717, 1.165) is 11.1 Å². The molecule has 2 aromatic heterocycles. The zero-order chi connectivity index (χ0) is 14.7. The number of rotatable bonds is 4. The number of nitrogens with one attached hydrogen (secondary N) is 2. The molecule has 0 saturated carbocycles. The lowest BCUT2D eigenvalue weighted by molar-refractivity contribution is 0.627. The normalized spacial score (nSPS) is 12.1. The van der Waals surface area contributed by atoms with E-state index in [1.54, 1.807) is 24.5 Å². The van der Waals surface area contributed by atoms with Crippen molar-refractivity contribution >= 4 is 5.69 Å². The summed E-state index contributed by atoms with van der Waals surface area (Å²) in [7, 11) is 0. The van der Waals surface area contributed by atoms with E-state index < -0.39 is 0 Å². The highest BCUT2D eigenvalue weighted by Crippen LogP contribution is 2.25. The number of nitrogens with zero attached hydrogens (tertiary/aromatic N) is 3. The van der Waals surface area contributed by atoms with Crippen LogP contribution in [0.25, 0.3) is 0 Å². The molecule has 5 nitrogen and oxygen atoms in total. The number of hydrogen-bond acceptors (Lipinski definition) is 4. The number of aromatic nitrogens is 4. The third-order valence-corrected chi connectivity index (χ3v) is 3.15. The molecule has 0 fully saturated rings. The van der Waals surface area contributed by atoms with Gasteiger partial charge in [0.25, 0.3) is 0 Å². The van der Waals surface area contributed by atoms with Crippen LogP contribution in [0.5, 0.6) is 0 Å². The standard InChI is InChI=1S/C15H14FN5/c1-10-4-5-12(16)13(7-10)20-14(15-18-9-19-21-15)11-3-2-6-17-8-11/h2-9,14,20H,1H3,(H,18,19,21). The molecule has 2 heterocycles. The third-order valence-electron chi connectivity index (χ3n) is 3.15. The number of benzene rings is 1. The van der Waals surface area contributed by atoms with Crippen molar-refractivity contribution in [3.8, 4) is 0 Å². The first-order valence-electron chi connectivity index (χ1n) is 6.52. The van der Waals surface area contributed by atoms with Crippen LogP contribution in [-0.4, -0.2) is 20.2 Å². The molecule has 1 atom stereocenters. The smallest absolute Gasteiger partial charge is 0.151 e. The van der Waals surface area contributed by atoms with Crippen LogP contribution in [0.4, 0.5) is 10.1 Å². The second-order valence-corrected chi connectivity index (χ2v) is 4.72. The number of anilines is 1. The number of pyridine rings is 1. The molecule has 0 saturated heterocycles. The number of H-pyrrole nitrogens is 1. The van der Waals surface area contributed by atoms with Crippen LogP contribution in [0.3, 0.4) is 0 Å².